The lowest BCUT2D eigenvalue weighted by Crippen LogP contribution is -2.42. The summed E-state index contributed by atoms with van der Waals surface area (Å²) in [4.78, 5) is 19.3. The standard InChI is InChI=1S/C24H23FN6O/c1-31-13-19(15-5-3-2-4-6-15)21(14-31)27-24(32)28-22-11-20-18(12-26-22)23(30-29-20)16-7-9-17(25)10-8-16/h2-12,19,21H,13-14H2,1H3,(H,29,30)(H2,26,27,28,32)/t19-,21+/m0/s1. The van der Waals surface area contributed by atoms with Gasteiger partial charge in [0.2, 0.25) is 0 Å². The molecule has 2 atom stereocenters. The number of hydrogen-bond acceptors (Lipinski definition) is 4. The molecule has 32 heavy (non-hydrogen) atoms. The van der Waals surface area contributed by atoms with Gasteiger partial charge in [-0.15, -0.1) is 0 Å². The van der Waals surface area contributed by atoms with Gasteiger partial charge in [0.1, 0.15) is 17.3 Å². The number of halogens is 1. The quantitative estimate of drug-likeness (QED) is 0.457. The number of fused-ring (bicyclic) bond motifs is 1. The van der Waals surface area contributed by atoms with Crippen LogP contribution in [0.1, 0.15) is 11.5 Å². The Hall–Kier alpha value is -3.78. The van der Waals surface area contributed by atoms with E-state index in [0.717, 1.165) is 29.6 Å². The van der Waals surface area contributed by atoms with E-state index in [2.05, 4.69) is 49.9 Å². The molecule has 1 aliphatic rings. The summed E-state index contributed by atoms with van der Waals surface area (Å²) in [6.45, 7) is 1.67. The van der Waals surface area contributed by atoms with Gasteiger partial charge in [0.15, 0.2) is 0 Å². The number of likely N-dealkylation sites (N-methyl/N-ethyl adjacent to an activating group) is 1. The maximum Gasteiger partial charge on any atom is 0.320 e. The highest BCUT2D eigenvalue weighted by atomic mass is 19.1. The Morgan fingerprint density at radius 1 is 1.12 bits per heavy atom. The van der Waals surface area contributed by atoms with Gasteiger partial charge in [-0.1, -0.05) is 30.3 Å². The lowest BCUT2D eigenvalue weighted by molar-refractivity contribution is 0.247. The molecule has 2 aromatic heterocycles. The number of nitrogens with one attached hydrogen (secondary N) is 3. The van der Waals surface area contributed by atoms with Gasteiger partial charge in [-0.25, -0.2) is 14.2 Å². The first-order valence-corrected chi connectivity index (χ1v) is 10.5. The third-order valence-electron chi connectivity index (χ3n) is 5.85. The molecule has 5 rings (SSSR count). The van der Waals surface area contributed by atoms with E-state index in [0.29, 0.717) is 11.5 Å². The van der Waals surface area contributed by atoms with Crippen molar-refractivity contribution < 1.29 is 9.18 Å². The van der Waals surface area contributed by atoms with Crippen LogP contribution in [0.4, 0.5) is 15.0 Å². The first kappa shape index (κ1) is 20.1. The van der Waals surface area contributed by atoms with Crippen LogP contribution in [0.5, 0.6) is 0 Å². The van der Waals surface area contributed by atoms with Crippen molar-refractivity contribution in [2.45, 2.75) is 12.0 Å². The number of pyridine rings is 1. The van der Waals surface area contributed by atoms with E-state index in [4.69, 9.17) is 0 Å². The maximum atomic E-state index is 13.2. The predicted octanol–water partition coefficient (Wildman–Crippen LogP) is 3.98. The van der Waals surface area contributed by atoms with Crippen LogP contribution in [0.3, 0.4) is 0 Å². The summed E-state index contributed by atoms with van der Waals surface area (Å²) in [6, 6.07) is 17.8. The molecule has 1 saturated heterocycles. The van der Waals surface area contributed by atoms with Gasteiger partial charge < -0.3 is 10.2 Å². The summed E-state index contributed by atoms with van der Waals surface area (Å²) in [5, 5.41) is 14.0. The van der Waals surface area contributed by atoms with Gasteiger partial charge in [0.05, 0.1) is 11.6 Å². The zero-order valence-electron chi connectivity index (χ0n) is 17.5. The Kier molecular flexibility index (Phi) is 5.28. The van der Waals surface area contributed by atoms with Crippen molar-refractivity contribution in [2.75, 3.05) is 25.5 Å². The van der Waals surface area contributed by atoms with Gasteiger partial charge in [-0.2, -0.15) is 5.10 Å². The van der Waals surface area contributed by atoms with Crippen molar-refractivity contribution in [1.82, 2.24) is 25.4 Å². The van der Waals surface area contributed by atoms with E-state index < -0.39 is 0 Å². The molecule has 0 unspecified atom stereocenters. The molecule has 2 aromatic carbocycles. The number of carbonyl (C=O) groups is 1. The molecule has 0 radical (unpaired) electrons. The first-order valence-electron chi connectivity index (χ1n) is 10.5. The minimum atomic E-state index is -0.299. The number of aromatic nitrogens is 3. The van der Waals surface area contributed by atoms with Crippen LogP contribution in [0.2, 0.25) is 0 Å². The summed E-state index contributed by atoms with van der Waals surface area (Å²) in [5.41, 5.74) is 3.42. The largest absolute Gasteiger partial charge is 0.333 e. The van der Waals surface area contributed by atoms with Crippen molar-refractivity contribution in [3.8, 4) is 11.3 Å². The molecule has 3 N–H and O–H groups in total. The summed E-state index contributed by atoms with van der Waals surface area (Å²) >= 11 is 0. The molecule has 0 aliphatic carbocycles. The number of nitrogens with zero attached hydrogens (tertiary/aromatic N) is 3. The zero-order chi connectivity index (χ0) is 22.1. The zero-order valence-corrected chi connectivity index (χ0v) is 17.5. The van der Waals surface area contributed by atoms with Crippen molar-refractivity contribution >= 4 is 22.8 Å². The predicted molar refractivity (Wildman–Crippen MR) is 122 cm³/mol. The third-order valence-corrected chi connectivity index (χ3v) is 5.85. The molecule has 162 valence electrons. The van der Waals surface area contributed by atoms with Crippen LogP contribution in [0.25, 0.3) is 22.2 Å². The van der Waals surface area contributed by atoms with Gasteiger partial charge in [-0.05, 0) is 36.9 Å². The highest BCUT2D eigenvalue weighted by molar-refractivity contribution is 5.95. The highest BCUT2D eigenvalue weighted by Crippen LogP contribution is 2.28. The van der Waals surface area contributed by atoms with E-state index in [1.807, 2.05) is 18.2 Å². The molecule has 2 amide bonds. The molecular weight excluding hydrogens is 407 g/mol. The smallest absolute Gasteiger partial charge is 0.320 e. The first-order chi connectivity index (χ1) is 15.6. The number of rotatable bonds is 4. The number of benzene rings is 2. The summed E-state index contributed by atoms with van der Waals surface area (Å²) in [7, 11) is 2.06. The number of H-pyrrole nitrogens is 1. The number of aromatic amines is 1. The van der Waals surface area contributed by atoms with Crippen molar-refractivity contribution in [2.24, 2.45) is 0 Å². The minimum absolute atomic E-state index is 0.00312. The average molecular weight is 430 g/mol. The van der Waals surface area contributed by atoms with Crippen LogP contribution in [0, 0.1) is 5.82 Å². The van der Waals surface area contributed by atoms with Crippen molar-refractivity contribution in [1.29, 1.82) is 0 Å². The van der Waals surface area contributed by atoms with E-state index in [1.54, 1.807) is 24.4 Å². The lowest BCUT2D eigenvalue weighted by Gasteiger charge is -2.20. The van der Waals surface area contributed by atoms with E-state index in [1.165, 1.54) is 17.7 Å². The SMILES string of the molecule is CN1C[C@@H](NC(=O)Nc2cc3[nH]nc(-c4ccc(F)cc4)c3cn2)[C@H](c2ccccc2)C1. The maximum absolute atomic E-state index is 13.2. The molecule has 8 heteroatoms. The van der Waals surface area contributed by atoms with E-state index >= 15 is 0 Å². The normalized spacial score (nSPS) is 18.7. The summed E-state index contributed by atoms with van der Waals surface area (Å²) < 4.78 is 13.2. The minimum Gasteiger partial charge on any atom is -0.333 e. The van der Waals surface area contributed by atoms with Gasteiger partial charge in [0.25, 0.3) is 0 Å². The van der Waals surface area contributed by atoms with Crippen LogP contribution in [-0.4, -0.2) is 52.3 Å². The molecule has 0 saturated carbocycles. The van der Waals surface area contributed by atoms with Gasteiger partial charge >= 0.3 is 6.03 Å². The number of amides is 2. The lowest BCUT2D eigenvalue weighted by atomic mass is 9.94. The second kappa shape index (κ2) is 8.39. The fourth-order valence-corrected chi connectivity index (χ4v) is 4.31. The topological polar surface area (TPSA) is 85.9 Å². The average Bonchev–Trinajstić information content (AvgIpc) is 3.37. The molecule has 1 aliphatic heterocycles. The van der Waals surface area contributed by atoms with E-state index in [-0.39, 0.29) is 23.8 Å². The highest BCUT2D eigenvalue weighted by Gasteiger charge is 2.33. The number of hydrogen-bond donors (Lipinski definition) is 3. The number of urea groups is 1. The molecule has 1 fully saturated rings. The fraction of sp³-hybridized carbons (Fsp3) is 0.208. The Morgan fingerprint density at radius 2 is 1.91 bits per heavy atom. The number of carbonyl (C=O) groups excluding carboxylic acids is 1. The molecular formula is C24H23FN6O. The number of likely N-dealkylation sites (tertiary alicyclic amines) is 1. The molecule has 0 spiro atoms. The summed E-state index contributed by atoms with van der Waals surface area (Å²) in [6.07, 6.45) is 1.66. The second-order valence-corrected chi connectivity index (χ2v) is 8.14. The fourth-order valence-electron chi connectivity index (χ4n) is 4.31. The monoisotopic (exact) mass is 430 g/mol. The second-order valence-electron chi connectivity index (χ2n) is 8.14. The van der Waals surface area contributed by atoms with Crippen molar-refractivity contribution in [3.63, 3.8) is 0 Å². The van der Waals surface area contributed by atoms with Crippen LogP contribution >= 0.6 is 0 Å². The molecule has 0 bridgehead atoms. The van der Waals surface area contributed by atoms with Crippen LogP contribution in [0.15, 0.2) is 66.9 Å². The van der Waals surface area contributed by atoms with E-state index in [9.17, 15) is 9.18 Å². The molecule has 7 nitrogen and oxygen atoms in total. The van der Waals surface area contributed by atoms with Crippen LogP contribution < -0.4 is 10.6 Å². The number of anilines is 1. The Balaban J connectivity index is 1.30. The Labute approximate surface area is 184 Å². The summed E-state index contributed by atoms with van der Waals surface area (Å²) in [5.74, 6) is 0.354. The van der Waals surface area contributed by atoms with Crippen molar-refractivity contribution in [3.05, 3.63) is 78.2 Å². The molecule has 4 aromatic rings. The Bertz CT molecular complexity index is 1240. The van der Waals surface area contributed by atoms with Crippen LogP contribution in [-0.2, 0) is 0 Å². The third kappa shape index (κ3) is 4.04. The Morgan fingerprint density at radius 3 is 2.69 bits per heavy atom. The van der Waals surface area contributed by atoms with Gasteiger partial charge in [-0.3, -0.25) is 10.4 Å². The van der Waals surface area contributed by atoms with Gasteiger partial charge in [0, 0.05) is 42.2 Å². The molecule has 3 heterocycles.